The van der Waals surface area contributed by atoms with Crippen molar-refractivity contribution in [1.82, 2.24) is 15.6 Å². The molecule has 0 aliphatic carbocycles. The van der Waals surface area contributed by atoms with Gasteiger partial charge in [0.2, 0.25) is 5.91 Å². The molecule has 0 spiro atoms. The van der Waals surface area contributed by atoms with Crippen LogP contribution in [0.1, 0.15) is 5.69 Å². The Hall–Kier alpha value is -1.94. The molecule has 0 saturated heterocycles. The zero-order chi connectivity index (χ0) is 12.1. The summed E-state index contributed by atoms with van der Waals surface area (Å²) in [6, 6.07) is 11.9. The average molecular weight is 229 g/mol. The maximum absolute atomic E-state index is 11.3. The Morgan fingerprint density at radius 3 is 2.88 bits per heavy atom. The highest BCUT2D eigenvalue weighted by Crippen LogP contribution is 2.11. The van der Waals surface area contributed by atoms with Crippen LogP contribution in [-0.2, 0) is 11.3 Å². The SMILES string of the molecule is CNCC(=O)NCc1ccc2ccccc2n1. The first-order valence-electron chi connectivity index (χ1n) is 5.55. The van der Waals surface area contributed by atoms with Gasteiger partial charge in [-0.3, -0.25) is 9.78 Å². The number of hydrogen-bond acceptors (Lipinski definition) is 3. The topological polar surface area (TPSA) is 54.0 Å². The molecule has 0 aliphatic heterocycles. The molecule has 1 aromatic carbocycles. The Balaban J connectivity index is 2.06. The molecular weight excluding hydrogens is 214 g/mol. The van der Waals surface area contributed by atoms with E-state index < -0.39 is 0 Å². The zero-order valence-electron chi connectivity index (χ0n) is 9.73. The van der Waals surface area contributed by atoms with Gasteiger partial charge in [-0.05, 0) is 19.2 Å². The number of nitrogens with zero attached hydrogens (tertiary/aromatic N) is 1. The lowest BCUT2D eigenvalue weighted by molar-refractivity contribution is -0.120. The van der Waals surface area contributed by atoms with E-state index in [-0.39, 0.29) is 5.91 Å². The lowest BCUT2D eigenvalue weighted by Gasteiger charge is -2.05. The number of fused-ring (bicyclic) bond motifs is 1. The monoisotopic (exact) mass is 229 g/mol. The van der Waals surface area contributed by atoms with Crippen molar-refractivity contribution in [3.05, 3.63) is 42.1 Å². The summed E-state index contributed by atoms with van der Waals surface area (Å²) in [4.78, 5) is 15.8. The van der Waals surface area contributed by atoms with Gasteiger partial charge in [-0.15, -0.1) is 0 Å². The van der Waals surface area contributed by atoms with Crippen LogP contribution in [0.15, 0.2) is 36.4 Å². The molecule has 88 valence electrons. The van der Waals surface area contributed by atoms with Crippen molar-refractivity contribution in [1.29, 1.82) is 0 Å². The summed E-state index contributed by atoms with van der Waals surface area (Å²) >= 11 is 0. The number of para-hydroxylation sites is 1. The van der Waals surface area contributed by atoms with Gasteiger partial charge in [0.1, 0.15) is 0 Å². The number of amides is 1. The second kappa shape index (κ2) is 5.41. The highest BCUT2D eigenvalue weighted by Gasteiger charge is 2.01. The van der Waals surface area contributed by atoms with Crippen LogP contribution in [-0.4, -0.2) is 24.5 Å². The molecule has 2 aromatic rings. The largest absolute Gasteiger partial charge is 0.349 e. The summed E-state index contributed by atoms with van der Waals surface area (Å²) < 4.78 is 0. The van der Waals surface area contributed by atoms with E-state index in [0.717, 1.165) is 16.6 Å². The van der Waals surface area contributed by atoms with E-state index in [0.29, 0.717) is 13.1 Å². The first kappa shape index (κ1) is 11.5. The van der Waals surface area contributed by atoms with E-state index in [4.69, 9.17) is 0 Å². The van der Waals surface area contributed by atoms with Crippen LogP contribution >= 0.6 is 0 Å². The summed E-state index contributed by atoms with van der Waals surface area (Å²) in [6.07, 6.45) is 0. The first-order valence-corrected chi connectivity index (χ1v) is 5.55. The van der Waals surface area contributed by atoms with E-state index in [1.165, 1.54) is 0 Å². The predicted octanol–water partition coefficient (Wildman–Crippen LogP) is 1.07. The van der Waals surface area contributed by atoms with Crippen molar-refractivity contribution in [2.75, 3.05) is 13.6 Å². The van der Waals surface area contributed by atoms with Crippen LogP contribution in [0.4, 0.5) is 0 Å². The number of likely N-dealkylation sites (N-methyl/N-ethyl adjacent to an activating group) is 1. The van der Waals surface area contributed by atoms with Crippen LogP contribution in [0, 0.1) is 0 Å². The lowest BCUT2D eigenvalue weighted by Crippen LogP contribution is -2.31. The molecular formula is C13H15N3O. The van der Waals surface area contributed by atoms with Gasteiger partial charge in [-0.1, -0.05) is 24.3 Å². The molecule has 4 nitrogen and oxygen atoms in total. The Bertz CT molecular complexity index is 525. The molecule has 2 N–H and O–H groups in total. The molecule has 0 atom stereocenters. The summed E-state index contributed by atoms with van der Waals surface area (Å²) in [5, 5.41) is 6.71. The van der Waals surface area contributed by atoms with Gasteiger partial charge < -0.3 is 10.6 Å². The van der Waals surface area contributed by atoms with Crippen molar-refractivity contribution < 1.29 is 4.79 Å². The fourth-order valence-corrected chi connectivity index (χ4v) is 1.62. The molecule has 0 saturated carbocycles. The Labute approximate surface area is 100 Å². The third-order valence-corrected chi connectivity index (χ3v) is 2.46. The number of aromatic nitrogens is 1. The van der Waals surface area contributed by atoms with Gasteiger partial charge in [0.25, 0.3) is 0 Å². The maximum Gasteiger partial charge on any atom is 0.234 e. The molecule has 0 aliphatic rings. The number of pyridine rings is 1. The van der Waals surface area contributed by atoms with Gasteiger partial charge in [-0.2, -0.15) is 0 Å². The van der Waals surface area contributed by atoms with Crippen molar-refractivity contribution in [3.8, 4) is 0 Å². The predicted molar refractivity (Wildman–Crippen MR) is 67.5 cm³/mol. The minimum absolute atomic E-state index is 0.0255. The van der Waals surface area contributed by atoms with Crippen LogP contribution < -0.4 is 10.6 Å². The van der Waals surface area contributed by atoms with E-state index >= 15 is 0 Å². The van der Waals surface area contributed by atoms with E-state index in [1.54, 1.807) is 7.05 Å². The van der Waals surface area contributed by atoms with Crippen molar-refractivity contribution in [2.45, 2.75) is 6.54 Å². The third kappa shape index (κ3) is 3.01. The van der Waals surface area contributed by atoms with Gasteiger partial charge in [0.15, 0.2) is 0 Å². The van der Waals surface area contributed by atoms with E-state index in [9.17, 15) is 4.79 Å². The highest BCUT2D eigenvalue weighted by atomic mass is 16.1. The molecule has 0 unspecified atom stereocenters. The fourth-order valence-electron chi connectivity index (χ4n) is 1.62. The number of benzene rings is 1. The van der Waals surface area contributed by atoms with Gasteiger partial charge in [-0.25, -0.2) is 0 Å². The lowest BCUT2D eigenvalue weighted by atomic mass is 10.2. The molecule has 0 bridgehead atoms. The normalized spacial score (nSPS) is 10.4. The van der Waals surface area contributed by atoms with Crippen molar-refractivity contribution in [3.63, 3.8) is 0 Å². The van der Waals surface area contributed by atoms with Crippen molar-refractivity contribution >= 4 is 16.8 Å². The Kier molecular flexibility index (Phi) is 3.67. The summed E-state index contributed by atoms with van der Waals surface area (Å²) in [5.74, 6) is -0.0255. The molecule has 4 heteroatoms. The molecule has 0 fully saturated rings. The van der Waals surface area contributed by atoms with E-state index in [2.05, 4.69) is 15.6 Å². The highest BCUT2D eigenvalue weighted by molar-refractivity contribution is 5.79. The minimum atomic E-state index is -0.0255. The smallest absolute Gasteiger partial charge is 0.234 e. The second-order valence-electron chi connectivity index (χ2n) is 3.80. The number of carbonyl (C=O) groups is 1. The molecule has 2 rings (SSSR count). The third-order valence-electron chi connectivity index (χ3n) is 2.46. The summed E-state index contributed by atoms with van der Waals surface area (Å²) in [5.41, 5.74) is 1.82. The van der Waals surface area contributed by atoms with Crippen molar-refractivity contribution in [2.24, 2.45) is 0 Å². The Morgan fingerprint density at radius 2 is 2.06 bits per heavy atom. The zero-order valence-corrected chi connectivity index (χ0v) is 9.73. The molecule has 1 aromatic heterocycles. The minimum Gasteiger partial charge on any atom is -0.349 e. The number of carbonyl (C=O) groups excluding carboxylic acids is 1. The maximum atomic E-state index is 11.3. The molecule has 1 heterocycles. The second-order valence-corrected chi connectivity index (χ2v) is 3.80. The Morgan fingerprint density at radius 1 is 1.24 bits per heavy atom. The van der Waals surface area contributed by atoms with Gasteiger partial charge in [0.05, 0.1) is 24.3 Å². The molecule has 17 heavy (non-hydrogen) atoms. The summed E-state index contributed by atoms with van der Waals surface area (Å²) in [6.45, 7) is 0.791. The molecule has 0 radical (unpaired) electrons. The van der Waals surface area contributed by atoms with Gasteiger partial charge >= 0.3 is 0 Å². The quantitative estimate of drug-likeness (QED) is 0.824. The number of rotatable bonds is 4. The average Bonchev–Trinajstić information content (AvgIpc) is 2.36. The van der Waals surface area contributed by atoms with Crippen LogP contribution in [0.25, 0.3) is 10.9 Å². The molecule has 1 amide bonds. The first-order chi connectivity index (χ1) is 8.29. The standard InChI is InChI=1S/C13H15N3O/c1-14-9-13(17)15-8-11-7-6-10-4-2-3-5-12(10)16-11/h2-7,14H,8-9H2,1H3,(H,15,17). The van der Waals surface area contributed by atoms with Crippen LogP contribution in [0.5, 0.6) is 0 Å². The van der Waals surface area contributed by atoms with E-state index in [1.807, 2.05) is 36.4 Å². The summed E-state index contributed by atoms with van der Waals surface area (Å²) in [7, 11) is 1.74. The van der Waals surface area contributed by atoms with Crippen LogP contribution in [0.2, 0.25) is 0 Å². The number of nitrogens with one attached hydrogen (secondary N) is 2. The van der Waals surface area contributed by atoms with Crippen LogP contribution in [0.3, 0.4) is 0 Å². The number of hydrogen-bond donors (Lipinski definition) is 2. The fraction of sp³-hybridized carbons (Fsp3) is 0.231. The van der Waals surface area contributed by atoms with Gasteiger partial charge in [0, 0.05) is 5.39 Å².